The second-order valence-corrected chi connectivity index (χ2v) is 6.41. The fourth-order valence-corrected chi connectivity index (χ4v) is 2.98. The van der Waals surface area contributed by atoms with Crippen molar-refractivity contribution in [3.8, 4) is 28.7 Å². The number of hydrogen-bond acceptors (Lipinski definition) is 8. The first-order valence-electron chi connectivity index (χ1n) is 8.39. The fraction of sp³-hybridized carbons (Fsp3) is 0.158. The molecular weight excluding hydrogens is 364 g/mol. The van der Waals surface area contributed by atoms with Gasteiger partial charge in [-0.1, -0.05) is 30.0 Å². The quantitative estimate of drug-likeness (QED) is 0.434. The summed E-state index contributed by atoms with van der Waals surface area (Å²) in [5.74, 6) is 2.70. The molecule has 136 valence electrons. The van der Waals surface area contributed by atoms with Crippen LogP contribution in [0.25, 0.3) is 22.9 Å². The molecule has 2 aromatic heterocycles. The number of nitrogens with zero attached hydrogens (tertiary/aromatic N) is 4. The number of ether oxygens (including phenoxy) is 1. The minimum atomic E-state index is 0.443. The largest absolute Gasteiger partial charge is 0.494 e. The molecule has 0 radical (unpaired) electrons. The summed E-state index contributed by atoms with van der Waals surface area (Å²) in [6.07, 6.45) is 0. The van der Waals surface area contributed by atoms with Gasteiger partial charge in [-0.05, 0) is 43.3 Å². The number of thioether (sulfide) groups is 1. The van der Waals surface area contributed by atoms with E-state index in [0.717, 1.165) is 16.9 Å². The van der Waals surface area contributed by atoms with E-state index in [2.05, 4.69) is 20.4 Å². The third kappa shape index (κ3) is 4.17. The SMILES string of the molecule is CCOc1ccc(-c2nnc(SCc3nnc(-c4ccccc4)o3)o2)cc1. The third-order valence-corrected chi connectivity index (χ3v) is 4.43. The van der Waals surface area contributed by atoms with Crippen LogP contribution in [0.4, 0.5) is 0 Å². The molecule has 2 heterocycles. The van der Waals surface area contributed by atoms with Gasteiger partial charge in [-0.3, -0.25) is 0 Å². The average molecular weight is 380 g/mol. The summed E-state index contributed by atoms with van der Waals surface area (Å²) in [6.45, 7) is 2.57. The van der Waals surface area contributed by atoms with Crippen molar-refractivity contribution >= 4 is 11.8 Å². The summed E-state index contributed by atoms with van der Waals surface area (Å²) in [5.41, 5.74) is 1.72. The van der Waals surface area contributed by atoms with Crippen LogP contribution in [0, 0.1) is 0 Å². The monoisotopic (exact) mass is 380 g/mol. The van der Waals surface area contributed by atoms with Gasteiger partial charge in [0.15, 0.2) is 0 Å². The van der Waals surface area contributed by atoms with Gasteiger partial charge < -0.3 is 13.6 Å². The maximum Gasteiger partial charge on any atom is 0.277 e. The number of aromatic nitrogens is 4. The van der Waals surface area contributed by atoms with Gasteiger partial charge in [-0.15, -0.1) is 20.4 Å². The van der Waals surface area contributed by atoms with E-state index in [1.165, 1.54) is 11.8 Å². The molecule has 0 bridgehead atoms. The molecule has 4 rings (SSSR count). The Hall–Kier alpha value is -3.13. The molecule has 0 saturated carbocycles. The number of benzene rings is 2. The van der Waals surface area contributed by atoms with Crippen molar-refractivity contribution in [2.75, 3.05) is 6.61 Å². The Morgan fingerprint density at radius 1 is 0.815 bits per heavy atom. The van der Waals surface area contributed by atoms with E-state index in [-0.39, 0.29) is 0 Å². The van der Waals surface area contributed by atoms with Crippen LogP contribution in [-0.4, -0.2) is 27.0 Å². The minimum absolute atomic E-state index is 0.443. The lowest BCUT2D eigenvalue weighted by Gasteiger charge is -2.02. The summed E-state index contributed by atoms with van der Waals surface area (Å²) in [7, 11) is 0. The molecule has 0 spiro atoms. The van der Waals surface area contributed by atoms with E-state index in [1.54, 1.807) is 0 Å². The number of hydrogen-bond donors (Lipinski definition) is 0. The van der Waals surface area contributed by atoms with Gasteiger partial charge in [-0.25, -0.2) is 0 Å². The van der Waals surface area contributed by atoms with Gasteiger partial charge in [0.2, 0.25) is 17.7 Å². The van der Waals surface area contributed by atoms with Crippen molar-refractivity contribution in [3.05, 3.63) is 60.5 Å². The van der Waals surface area contributed by atoms with Crippen molar-refractivity contribution in [1.82, 2.24) is 20.4 Å². The molecule has 0 atom stereocenters. The molecule has 0 fully saturated rings. The molecule has 0 unspecified atom stereocenters. The van der Waals surface area contributed by atoms with E-state index in [4.69, 9.17) is 13.6 Å². The van der Waals surface area contributed by atoms with Crippen LogP contribution >= 0.6 is 11.8 Å². The Morgan fingerprint density at radius 3 is 2.30 bits per heavy atom. The summed E-state index contributed by atoms with van der Waals surface area (Å²) in [6, 6.07) is 17.2. The van der Waals surface area contributed by atoms with E-state index in [9.17, 15) is 0 Å². The summed E-state index contributed by atoms with van der Waals surface area (Å²) < 4.78 is 16.8. The first-order chi connectivity index (χ1) is 13.3. The van der Waals surface area contributed by atoms with Gasteiger partial charge in [0, 0.05) is 11.1 Å². The van der Waals surface area contributed by atoms with Crippen LogP contribution in [0.5, 0.6) is 5.75 Å². The maximum atomic E-state index is 5.69. The highest BCUT2D eigenvalue weighted by molar-refractivity contribution is 7.98. The molecule has 4 aromatic rings. The van der Waals surface area contributed by atoms with E-state index in [0.29, 0.717) is 35.3 Å². The zero-order valence-corrected chi connectivity index (χ0v) is 15.3. The lowest BCUT2D eigenvalue weighted by Crippen LogP contribution is -1.90. The summed E-state index contributed by atoms with van der Waals surface area (Å²) in [4.78, 5) is 0. The molecule has 7 nitrogen and oxygen atoms in total. The minimum Gasteiger partial charge on any atom is -0.494 e. The van der Waals surface area contributed by atoms with Crippen molar-refractivity contribution in [3.63, 3.8) is 0 Å². The second-order valence-electron chi connectivity index (χ2n) is 5.49. The Kier molecular flexibility index (Phi) is 5.15. The summed E-state index contributed by atoms with van der Waals surface area (Å²) in [5, 5.41) is 16.7. The lowest BCUT2D eigenvalue weighted by atomic mass is 10.2. The highest BCUT2D eigenvalue weighted by Crippen LogP contribution is 2.27. The molecule has 8 heteroatoms. The van der Waals surface area contributed by atoms with Crippen molar-refractivity contribution in [1.29, 1.82) is 0 Å². The maximum absolute atomic E-state index is 5.69. The van der Waals surface area contributed by atoms with Gasteiger partial charge in [0.25, 0.3) is 5.22 Å². The molecule has 0 N–H and O–H groups in total. The Morgan fingerprint density at radius 2 is 1.52 bits per heavy atom. The predicted octanol–water partition coefficient (Wildman–Crippen LogP) is 4.48. The van der Waals surface area contributed by atoms with Crippen LogP contribution in [-0.2, 0) is 5.75 Å². The normalized spacial score (nSPS) is 10.9. The van der Waals surface area contributed by atoms with Gasteiger partial charge in [0.1, 0.15) is 5.75 Å². The standard InChI is InChI=1S/C19H16N4O3S/c1-2-24-15-10-8-14(9-11-15)18-22-23-19(26-18)27-12-16-20-21-17(25-16)13-6-4-3-5-7-13/h3-11H,2,12H2,1H3. The second kappa shape index (κ2) is 8.05. The Balaban J connectivity index is 1.39. The van der Waals surface area contributed by atoms with E-state index < -0.39 is 0 Å². The smallest absolute Gasteiger partial charge is 0.277 e. The van der Waals surface area contributed by atoms with Crippen molar-refractivity contribution in [2.45, 2.75) is 17.9 Å². The lowest BCUT2D eigenvalue weighted by molar-refractivity contribution is 0.340. The van der Waals surface area contributed by atoms with Gasteiger partial charge >= 0.3 is 0 Å². The van der Waals surface area contributed by atoms with Crippen LogP contribution in [0.3, 0.4) is 0 Å². The van der Waals surface area contributed by atoms with Gasteiger partial charge in [-0.2, -0.15) is 0 Å². The zero-order chi connectivity index (χ0) is 18.5. The predicted molar refractivity (Wildman–Crippen MR) is 100 cm³/mol. The molecule has 0 aliphatic heterocycles. The van der Waals surface area contributed by atoms with Crippen molar-refractivity contribution < 1.29 is 13.6 Å². The first kappa shape index (κ1) is 17.3. The molecule has 0 saturated heterocycles. The van der Waals surface area contributed by atoms with Crippen LogP contribution < -0.4 is 4.74 Å². The third-order valence-electron chi connectivity index (χ3n) is 3.63. The molecule has 0 aliphatic carbocycles. The van der Waals surface area contributed by atoms with Crippen LogP contribution in [0.1, 0.15) is 12.8 Å². The summed E-state index contributed by atoms with van der Waals surface area (Å²) >= 11 is 1.35. The average Bonchev–Trinajstić information content (AvgIpc) is 3.38. The molecule has 27 heavy (non-hydrogen) atoms. The van der Waals surface area contributed by atoms with Gasteiger partial charge in [0.05, 0.1) is 12.4 Å². The Labute approximate surface area is 159 Å². The van der Waals surface area contributed by atoms with Crippen LogP contribution in [0.15, 0.2) is 68.7 Å². The fourth-order valence-electron chi connectivity index (χ4n) is 2.38. The van der Waals surface area contributed by atoms with Crippen LogP contribution in [0.2, 0.25) is 0 Å². The zero-order valence-electron chi connectivity index (χ0n) is 14.5. The molecule has 2 aromatic carbocycles. The number of rotatable bonds is 7. The molecular formula is C19H16N4O3S. The molecule has 0 aliphatic rings. The molecule has 0 amide bonds. The first-order valence-corrected chi connectivity index (χ1v) is 9.37. The highest BCUT2D eigenvalue weighted by Gasteiger charge is 2.13. The topological polar surface area (TPSA) is 87.1 Å². The Bertz CT molecular complexity index is 999. The van der Waals surface area contributed by atoms with Crippen molar-refractivity contribution in [2.24, 2.45) is 0 Å². The van der Waals surface area contributed by atoms with E-state index in [1.807, 2.05) is 61.5 Å². The highest BCUT2D eigenvalue weighted by atomic mass is 32.2. The van der Waals surface area contributed by atoms with E-state index >= 15 is 0 Å².